The molecule has 2 nitrogen and oxygen atoms in total. The summed E-state index contributed by atoms with van der Waals surface area (Å²) < 4.78 is 27.7. The average Bonchev–Trinajstić information content (AvgIpc) is 2.79. The molecular formula is C14H10F2N2S. The molecule has 0 saturated carbocycles. The molecule has 0 aliphatic carbocycles. The van der Waals surface area contributed by atoms with Crippen molar-refractivity contribution >= 4 is 32.4 Å². The van der Waals surface area contributed by atoms with Crippen molar-refractivity contribution in [2.24, 2.45) is 0 Å². The third kappa shape index (κ3) is 2.17. The van der Waals surface area contributed by atoms with Gasteiger partial charge in [0.25, 0.3) is 0 Å². The molecular weight excluding hydrogens is 266 g/mol. The summed E-state index contributed by atoms with van der Waals surface area (Å²) in [7, 11) is 0. The molecule has 0 atom stereocenters. The van der Waals surface area contributed by atoms with Crippen molar-refractivity contribution in [3.63, 3.8) is 0 Å². The standard InChI is InChI=1S/C14H10F2N2S/c1-8-4-2-7-11-13(8)18-14(19-11)17-10-6-3-5-9(15)12(10)16/h2-7H,1H3,(H,17,18). The Bertz CT molecular complexity index is 752. The maximum absolute atomic E-state index is 13.6. The second-order valence-electron chi connectivity index (χ2n) is 4.17. The molecule has 96 valence electrons. The molecule has 0 fully saturated rings. The van der Waals surface area contributed by atoms with Crippen LogP contribution >= 0.6 is 11.3 Å². The Hall–Kier alpha value is -2.01. The first-order valence-corrected chi connectivity index (χ1v) is 6.54. The number of anilines is 2. The monoisotopic (exact) mass is 276 g/mol. The Morgan fingerprint density at radius 1 is 1.11 bits per heavy atom. The number of hydrogen-bond donors (Lipinski definition) is 1. The van der Waals surface area contributed by atoms with Gasteiger partial charge in [-0.25, -0.2) is 13.8 Å². The fourth-order valence-electron chi connectivity index (χ4n) is 1.86. The number of rotatable bonds is 2. The van der Waals surface area contributed by atoms with Crippen molar-refractivity contribution in [2.75, 3.05) is 5.32 Å². The maximum Gasteiger partial charge on any atom is 0.188 e. The van der Waals surface area contributed by atoms with Gasteiger partial charge in [-0.05, 0) is 30.7 Å². The van der Waals surface area contributed by atoms with Gasteiger partial charge >= 0.3 is 0 Å². The quantitative estimate of drug-likeness (QED) is 0.738. The van der Waals surface area contributed by atoms with Crippen LogP contribution in [0, 0.1) is 18.6 Å². The van der Waals surface area contributed by atoms with Crippen LogP contribution in [0.3, 0.4) is 0 Å². The van der Waals surface area contributed by atoms with E-state index in [0.29, 0.717) is 5.13 Å². The Morgan fingerprint density at radius 2 is 1.89 bits per heavy atom. The van der Waals surface area contributed by atoms with Crippen molar-refractivity contribution in [3.05, 3.63) is 53.6 Å². The molecule has 0 saturated heterocycles. The molecule has 0 spiro atoms. The summed E-state index contributed by atoms with van der Waals surface area (Å²) in [6.45, 7) is 1.97. The highest BCUT2D eigenvalue weighted by atomic mass is 32.1. The minimum Gasteiger partial charge on any atom is -0.329 e. The number of benzene rings is 2. The zero-order valence-electron chi connectivity index (χ0n) is 10.1. The van der Waals surface area contributed by atoms with Crippen molar-refractivity contribution in [2.45, 2.75) is 6.92 Å². The molecule has 0 aliphatic heterocycles. The van der Waals surface area contributed by atoms with E-state index in [-0.39, 0.29) is 5.69 Å². The predicted molar refractivity (Wildman–Crippen MR) is 74.0 cm³/mol. The molecule has 1 N–H and O–H groups in total. The van der Waals surface area contributed by atoms with Crippen LogP contribution in [0.4, 0.5) is 19.6 Å². The zero-order chi connectivity index (χ0) is 13.4. The zero-order valence-corrected chi connectivity index (χ0v) is 10.9. The normalized spacial score (nSPS) is 10.9. The van der Waals surface area contributed by atoms with E-state index in [4.69, 9.17) is 0 Å². The molecule has 3 rings (SSSR count). The largest absolute Gasteiger partial charge is 0.329 e. The summed E-state index contributed by atoms with van der Waals surface area (Å²) in [5.41, 5.74) is 2.03. The number of aryl methyl sites for hydroxylation is 1. The van der Waals surface area contributed by atoms with Crippen molar-refractivity contribution in [3.8, 4) is 0 Å². The van der Waals surface area contributed by atoms with Gasteiger partial charge in [-0.2, -0.15) is 0 Å². The highest BCUT2D eigenvalue weighted by molar-refractivity contribution is 7.22. The van der Waals surface area contributed by atoms with E-state index >= 15 is 0 Å². The molecule has 19 heavy (non-hydrogen) atoms. The number of nitrogens with one attached hydrogen (secondary N) is 1. The van der Waals surface area contributed by atoms with Crippen LogP contribution in [0.1, 0.15) is 5.56 Å². The lowest BCUT2D eigenvalue weighted by Crippen LogP contribution is -1.95. The number of thiazole rings is 1. The van der Waals surface area contributed by atoms with E-state index in [1.807, 2.05) is 25.1 Å². The summed E-state index contributed by atoms with van der Waals surface area (Å²) >= 11 is 1.41. The number of aromatic nitrogens is 1. The minimum absolute atomic E-state index is 0.0942. The molecule has 1 heterocycles. The van der Waals surface area contributed by atoms with E-state index in [1.54, 1.807) is 0 Å². The van der Waals surface area contributed by atoms with Gasteiger partial charge in [0.2, 0.25) is 0 Å². The van der Waals surface area contributed by atoms with Gasteiger partial charge in [0.1, 0.15) is 0 Å². The van der Waals surface area contributed by atoms with E-state index in [2.05, 4.69) is 10.3 Å². The Kier molecular flexibility index (Phi) is 2.91. The lowest BCUT2D eigenvalue weighted by Gasteiger charge is -2.03. The van der Waals surface area contributed by atoms with Crippen LogP contribution in [0.2, 0.25) is 0 Å². The van der Waals surface area contributed by atoms with Crippen LogP contribution in [-0.4, -0.2) is 4.98 Å². The molecule has 0 amide bonds. The highest BCUT2D eigenvalue weighted by Gasteiger charge is 2.10. The van der Waals surface area contributed by atoms with Gasteiger partial charge in [-0.3, -0.25) is 0 Å². The molecule has 0 radical (unpaired) electrons. The van der Waals surface area contributed by atoms with Crippen LogP contribution < -0.4 is 5.32 Å². The molecule has 3 aromatic rings. The van der Waals surface area contributed by atoms with Crippen molar-refractivity contribution < 1.29 is 8.78 Å². The number of fused-ring (bicyclic) bond motifs is 1. The summed E-state index contributed by atoms with van der Waals surface area (Å²) in [4.78, 5) is 4.40. The number of halogens is 2. The first-order chi connectivity index (χ1) is 9.15. The van der Waals surface area contributed by atoms with Gasteiger partial charge in [-0.1, -0.05) is 29.5 Å². The molecule has 5 heteroatoms. The first-order valence-electron chi connectivity index (χ1n) is 5.72. The highest BCUT2D eigenvalue weighted by Crippen LogP contribution is 2.30. The molecule has 0 bridgehead atoms. The van der Waals surface area contributed by atoms with Crippen LogP contribution in [0.25, 0.3) is 10.2 Å². The average molecular weight is 276 g/mol. The summed E-state index contributed by atoms with van der Waals surface area (Å²) in [6, 6.07) is 9.89. The third-order valence-electron chi connectivity index (χ3n) is 2.81. The van der Waals surface area contributed by atoms with E-state index < -0.39 is 11.6 Å². The smallest absolute Gasteiger partial charge is 0.188 e. The van der Waals surface area contributed by atoms with Crippen molar-refractivity contribution in [1.82, 2.24) is 4.98 Å². The molecule has 2 aromatic carbocycles. The Balaban J connectivity index is 2.02. The number of para-hydroxylation sites is 1. The van der Waals surface area contributed by atoms with E-state index in [1.165, 1.54) is 23.5 Å². The lowest BCUT2D eigenvalue weighted by molar-refractivity contribution is 0.512. The topological polar surface area (TPSA) is 24.9 Å². The molecule has 1 aromatic heterocycles. The van der Waals surface area contributed by atoms with Gasteiger partial charge in [0.05, 0.1) is 15.9 Å². The summed E-state index contributed by atoms with van der Waals surface area (Å²) in [6.07, 6.45) is 0. The van der Waals surface area contributed by atoms with Crippen molar-refractivity contribution in [1.29, 1.82) is 0 Å². The minimum atomic E-state index is -0.890. The molecule has 0 aliphatic rings. The van der Waals surface area contributed by atoms with E-state index in [0.717, 1.165) is 21.8 Å². The number of hydrogen-bond acceptors (Lipinski definition) is 3. The lowest BCUT2D eigenvalue weighted by atomic mass is 10.2. The van der Waals surface area contributed by atoms with Crippen LogP contribution in [-0.2, 0) is 0 Å². The summed E-state index contributed by atoms with van der Waals surface area (Å²) in [5, 5.41) is 3.37. The van der Waals surface area contributed by atoms with Gasteiger partial charge in [-0.15, -0.1) is 0 Å². The van der Waals surface area contributed by atoms with Crippen LogP contribution in [0.5, 0.6) is 0 Å². The summed E-state index contributed by atoms with van der Waals surface area (Å²) in [5.74, 6) is -1.76. The SMILES string of the molecule is Cc1cccc2sc(Nc3cccc(F)c3F)nc12. The van der Waals surface area contributed by atoms with E-state index in [9.17, 15) is 8.78 Å². The Morgan fingerprint density at radius 3 is 2.68 bits per heavy atom. The van der Waals surface area contributed by atoms with Crippen LogP contribution in [0.15, 0.2) is 36.4 Å². The maximum atomic E-state index is 13.6. The first kappa shape index (κ1) is 12.0. The van der Waals surface area contributed by atoms with Gasteiger partial charge in [0.15, 0.2) is 16.8 Å². The molecule has 0 unspecified atom stereocenters. The Labute approximate surface area is 112 Å². The second-order valence-corrected chi connectivity index (χ2v) is 5.20. The fourth-order valence-corrected chi connectivity index (χ4v) is 2.81. The fraction of sp³-hybridized carbons (Fsp3) is 0.0714. The second kappa shape index (κ2) is 4.59. The predicted octanol–water partition coefficient (Wildman–Crippen LogP) is 4.63. The number of nitrogens with zero attached hydrogens (tertiary/aromatic N) is 1. The van der Waals surface area contributed by atoms with Gasteiger partial charge < -0.3 is 5.32 Å². The third-order valence-corrected chi connectivity index (χ3v) is 3.75. The van der Waals surface area contributed by atoms with Gasteiger partial charge in [0, 0.05) is 0 Å².